The fourth-order valence-electron chi connectivity index (χ4n) is 2.90. The van der Waals surface area contributed by atoms with E-state index in [1.54, 1.807) is 0 Å². The van der Waals surface area contributed by atoms with E-state index < -0.39 is 0 Å². The lowest BCUT2D eigenvalue weighted by molar-refractivity contribution is -0.123. The lowest BCUT2D eigenvalue weighted by Gasteiger charge is -2.20. The van der Waals surface area contributed by atoms with Crippen molar-refractivity contribution in [2.75, 3.05) is 0 Å². The van der Waals surface area contributed by atoms with Crippen LogP contribution >= 0.6 is 0 Å². The number of carbonyl (C=O) groups excluding carboxylic acids is 1. The van der Waals surface area contributed by atoms with Crippen molar-refractivity contribution in [3.05, 3.63) is 40.6 Å². The Labute approximate surface area is 152 Å². The van der Waals surface area contributed by atoms with Gasteiger partial charge in [-0.2, -0.15) is 0 Å². The van der Waals surface area contributed by atoms with Gasteiger partial charge in [0.05, 0.1) is 5.52 Å². The maximum Gasteiger partial charge on any atom is 0.352 e. The molecule has 0 fully saturated rings. The summed E-state index contributed by atoms with van der Waals surface area (Å²) in [5, 5.41) is 8.09. The summed E-state index contributed by atoms with van der Waals surface area (Å²) in [5.74, 6) is 0.372. The molecule has 3 aromatic rings. The van der Waals surface area contributed by atoms with Crippen molar-refractivity contribution in [3.8, 4) is 0 Å². The second-order valence-corrected chi connectivity index (χ2v) is 8.60. The number of fused-ring (bicyclic) bond motifs is 3. The van der Waals surface area contributed by atoms with Crippen LogP contribution in [0.3, 0.4) is 0 Å². The van der Waals surface area contributed by atoms with E-state index in [1.165, 1.54) is 9.08 Å². The molecular formula is C19H25N5O2. The molecule has 0 atom stereocenters. The summed E-state index contributed by atoms with van der Waals surface area (Å²) in [5.41, 5.74) is 0.223. The monoisotopic (exact) mass is 355 g/mol. The highest BCUT2D eigenvalue weighted by Crippen LogP contribution is 2.24. The molecule has 0 bridgehead atoms. The number of aromatic nitrogens is 4. The van der Waals surface area contributed by atoms with Gasteiger partial charge in [0.1, 0.15) is 12.4 Å². The first kappa shape index (κ1) is 18.1. The predicted octanol–water partition coefficient (Wildman–Crippen LogP) is 2.26. The van der Waals surface area contributed by atoms with E-state index in [0.717, 1.165) is 10.9 Å². The number of nitrogens with one attached hydrogen (secondary N) is 1. The van der Waals surface area contributed by atoms with Gasteiger partial charge in [0.15, 0.2) is 5.65 Å². The van der Waals surface area contributed by atoms with E-state index >= 15 is 0 Å². The maximum absolute atomic E-state index is 13.0. The molecule has 1 N–H and O–H groups in total. The molecule has 0 spiro atoms. The molecular weight excluding hydrogens is 330 g/mol. The lowest BCUT2D eigenvalue weighted by atomic mass is 9.95. The molecule has 0 aliphatic carbocycles. The number of rotatable bonds is 2. The first-order chi connectivity index (χ1) is 12.0. The van der Waals surface area contributed by atoms with Crippen molar-refractivity contribution in [2.24, 2.45) is 0 Å². The summed E-state index contributed by atoms with van der Waals surface area (Å²) in [7, 11) is 0. The smallest absolute Gasteiger partial charge is 0.350 e. The Balaban J connectivity index is 2.22. The number of benzene rings is 1. The van der Waals surface area contributed by atoms with Gasteiger partial charge in [-0.3, -0.25) is 4.79 Å². The third-order valence-electron chi connectivity index (χ3n) is 3.90. The fraction of sp³-hybridized carbons (Fsp3) is 0.474. The summed E-state index contributed by atoms with van der Waals surface area (Å²) in [6, 6.07) is 7.58. The van der Waals surface area contributed by atoms with Gasteiger partial charge in [0.2, 0.25) is 5.91 Å². The van der Waals surface area contributed by atoms with Gasteiger partial charge < -0.3 is 5.32 Å². The van der Waals surface area contributed by atoms with E-state index in [0.29, 0.717) is 11.5 Å². The van der Waals surface area contributed by atoms with Gasteiger partial charge in [0, 0.05) is 16.3 Å². The lowest BCUT2D eigenvalue weighted by Crippen LogP contribution is -2.43. The maximum atomic E-state index is 13.0. The summed E-state index contributed by atoms with van der Waals surface area (Å²) >= 11 is 0. The van der Waals surface area contributed by atoms with Crippen molar-refractivity contribution in [2.45, 2.75) is 59.0 Å². The van der Waals surface area contributed by atoms with Crippen LogP contribution in [0, 0.1) is 0 Å². The largest absolute Gasteiger partial charge is 0.352 e. The number of amides is 1. The van der Waals surface area contributed by atoms with Crippen LogP contribution in [0.5, 0.6) is 0 Å². The predicted molar refractivity (Wildman–Crippen MR) is 101 cm³/mol. The van der Waals surface area contributed by atoms with Crippen LogP contribution < -0.4 is 11.0 Å². The van der Waals surface area contributed by atoms with Crippen LogP contribution in [0.15, 0.2) is 29.1 Å². The zero-order valence-corrected chi connectivity index (χ0v) is 16.1. The molecule has 0 saturated heterocycles. The minimum atomic E-state index is -0.370. The van der Waals surface area contributed by atoms with Crippen molar-refractivity contribution in [3.63, 3.8) is 0 Å². The highest BCUT2D eigenvalue weighted by Gasteiger charge is 2.25. The molecule has 1 aromatic carbocycles. The Hall–Kier alpha value is -2.70. The highest BCUT2D eigenvalue weighted by molar-refractivity contribution is 5.91. The minimum Gasteiger partial charge on any atom is -0.350 e. The highest BCUT2D eigenvalue weighted by atomic mass is 16.2. The first-order valence-electron chi connectivity index (χ1n) is 8.67. The van der Waals surface area contributed by atoms with Crippen LogP contribution in [0.25, 0.3) is 16.6 Å². The molecule has 3 rings (SSSR count). The first-order valence-corrected chi connectivity index (χ1v) is 8.67. The van der Waals surface area contributed by atoms with Gasteiger partial charge in [0.25, 0.3) is 0 Å². The van der Waals surface area contributed by atoms with E-state index in [2.05, 4.69) is 10.4 Å². The number of nitrogens with zero attached hydrogens (tertiary/aromatic N) is 4. The topological polar surface area (TPSA) is 81.3 Å². The molecule has 138 valence electrons. The summed E-state index contributed by atoms with van der Waals surface area (Å²) in [6.45, 7) is 11.6. The quantitative estimate of drug-likeness (QED) is 0.764. The minimum absolute atomic E-state index is 0.129. The molecule has 0 unspecified atom stereocenters. The molecule has 7 nitrogen and oxygen atoms in total. The van der Waals surface area contributed by atoms with Crippen molar-refractivity contribution < 1.29 is 4.79 Å². The van der Waals surface area contributed by atoms with Crippen LogP contribution in [-0.4, -0.2) is 30.6 Å². The number of hydrogen-bond donors (Lipinski definition) is 1. The fourth-order valence-corrected chi connectivity index (χ4v) is 2.90. The molecule has 0 radical (unpaired) electrons. The number of carbonyl (C=O) groups is 1. The van der Waals surface area contributed by atoms with E-state index in [1.807, 2.05) is 65.8 Å². The molecule has 0 saturated carbocycles. The average molecular weight is 355 g/mol. The molecule has 7 heteroatoms. The third-order valence-corrected chi connectivity index (χ3v) is 3.90. The standard InChI is InChI=1S/C19H25N5O2/c1-18(2,3)16-20-13-10-8-7-9-12(13)15-22-23(17(26)24(15)16)11-14(25)21-19(4,5)6/h7-10H,11H2,1-6H3,(H,21,25). The normalized spacial score (nSPS) is 12.7. The van der Waals surface area contributed by atoms with Crippen molar-refractivity contribution >= 4 is 22.5 Å². The van der Waals surface area contributed by atoms with Crippen LogP contribution in [-0.2, 0) is 16.8 Å². The SMILES string of the molecule is CC(C)(C)NC(=O)Cn1nc2c3ccccc3nc(C(C)(C)C)n2c1=O. The summed E-state index contributed by atoms with van der Waals surface area (Å²) < 4.78 is 2.73. The molecule has 1 amide bonds. The Bertz CT molecular complexity index is 1050. The van der Waals surface area contributed by atoms with E-state index in [-0.39, 0.29) is 29.1 Å². The number of hydrogen-bond acceptors (Lipinski definition) is 4. The second-order valence-electron chi connectivity index (χ2n) is 8.60. The molecule has 2 heterocycles. The van der Waals surface area contributed by atoms with Crippen LogP contribution in [0.1, 0.15) is 47.4 Å². The van der Waals surface area contributed by atoms with Gasteiger partial charge in [-0.15, -0.1) is 5.10 Å². The van der Waals surface area contributed by atoms with E-state index in [9.17, 15) is 9.59 Å². The number of para-hydroxylation sites is 1. The Kier molecular flexibility index (Phi) is 4.13. The molecule has 0 aliphatic heterocycles. The zero-order valence-electron chi connectivity index (χ0n) is 16.1. The molecule has 26 heavy (non-hydrogen) atoms. The molecule has 0 aliphatic rings. The van der Waals surface area contributed by atoms with Gasteiger partial charge in [-0.25, -0.2) is 18.9 Å². The van der Waals surface area contributed by atoms with Gasteiger partial charge in [-0.05, 0) is 32.9 Å². The zero-order chi connectivity index (χ0) is 19.3. The van der Waals surface area contributed by atoms with Crippen LogP contribution in [0.4, 0.5) is 0 Å². The average Bonchev–Trinajstić information content (AvgIpc) is 2.81. The molecule has 2 aromatic heterocycles. The summed E-state index contributed by atoms with van der Waals surface area (Å²) in [4.78, 5) is 29.9. The third kappa shape index (κ3) is 3.34. The summed E-state index contributed by atoms with van der Waals surface area (Å²) in [6.07, 6.45) is 0. The second kappa shape index (κ2) is 5.93. The Morgan fingerprint density at radius 2 is 1.77 bits per heavy atom. The van der Waals surface area contributed by atoms with Gasteiger partial charge in [-0.1, -0.05) is 32.9 Å². The van der Waals surface area contributed by atoms with Gasteiger partial charge >= 0.3 is 5.69 Å². The Morgan fingerprint density at radius 3 is 2.38 bits per heavy atom. The van der Waals surface area contributed by atoms with Crippen molar-refractivity contribution in [1.82, 2.24) is 24.5 Å². The van der Waals surface area contributed by atoms with E-state index in [4.69, 9.17) is 4.98 Å². The Morgan fingerprint density at radius 1 is 1.12 bits per heavy atom. The van der Waals surface area contributed by atoms with Crippen LogP contribution in [0.2, 0.25) is 0 Å². The van der Waals surface area contributed by atoms with Crippen molar-refractivity contribution in [1.29, 1.82) is 0 Å².